The summed E-state index contributed by atoms with van der Waals surface area (Å²) in [6.07, 6.45) is 1.99. The molecule has 0 unspecified atom stereocenters. The molecule has 3 aromatic heterocycles. The van der Waals surface area contributed by atoms with Gasteiger partial charge in [0.2, 0.25) is 0 Å². The van der Waals surface area contributed by atoms with Crippen molar-refractivity contribution in [2.45, 2.75) is 20.8 Å². The molecule has 4 rings (SSSR count). The second kappa shape index (κ2) is 5.73. The van der Waals surface area contributed by atoms with Crippen LogP contribution in [0.4, 0.5) is 11.5 Å². The maximum atomic E-state index is 4.74. The SMILES string of the molecule is Cc1ccc(Nc2nc(-n3nc(C)cc3C)nc3c2ccn3C)cc1. The zero-order valence-corrected chi connectivity index (χ0v) is 14.8. The molecule has 1 N–H and O–H groups in total. The molecule has 0 radical (unpaired) electrons. The topological polar surface area (TPSA) is 60.6 Å². The van der Waals surface area contributed by atoms with Gasteiger partial charge in [-0.3, -0.25) is 0 Å². The normalized spacial score (nSPS) is 11.2. The highest BCUT2D eigenvalue weighted by Crippen LogP contribution is 2.26. The van der Waals surface area contributed by atoms with Crippen LogP contribution in [0.5, 0.6) is 0 Å². The summed E-state index contributed by atoms with van der Waals surface area (Å²) in [6.45, 7) is 6.05. The van der Waals surface area contributed by atoms with Crippen LogP contribution in [0.15, 0.2) is 42.6 Å². The van der Waals surface area contributed by atoms with Crippen molar-refractivity contribution < 1.29 is 0 Å². The summed E-state index contributed by atoms with van der Waals surface area (Å²) in [7, 11) is 1.98. The van der Waals surface area contributed by atoms with Crippen molar-refractivity contribution >= 4 is 22.5 Å². The Balaban J connectivity index is 1.87. The lowest BCUT2D eigenvalue weighted by molar-refractivity contribution is 0.776. The van der Waals surface area contributed by atoms with E-state index in [1.807, 2.05) is 43.8 Å². The van der Waals surface area contributed by atoms with Gasteiger partial charge >= 0.3 is 0 Å². The van der Waals surface area contributed by atoms with Crippen molar-refractivity contribution in [2.75, 3.05) is 5.32 Å². The average Bonchev–Trinajstić information content (AvgIpc) is 3.12. The molecular weight excluding hydrogens is 312 g/mol. The first kappa shape index (κ1) is 15.4. The van der Waals surface area contributed by atoms with Gasteiger partial charge in [0.05, 0.1) is 11.1 Å². The van der Waals surface area contributed by atoms with E-state index >= 15 is 0 Å². The molecule has 0 saturated heterocycles. The summed E-state index contributed by atoms with van der Waals surface area (Å²) in [5, 5.41) is 8.91. The molecule has 126 valence electrons. The molecule has 1 aromatic carbocycles. The van der Waals surface area contributed by atoms with Gasteiger partial charge < -0.3 is 9.88 Å². The van der Waals surface area contributed by atoms with E-state index in [1.165, 1.54) is 5.56 Å². The zero-order valence-electron chi connectivity index (χ0n) is 14.8. The molecule has 0 saturated carbocycles. The third kappa shape index (κ3) is 2.76. The molecule has 6 nitrogen and oxygen atoms in total. The summed E-state index contributed by atoms with van der Waals surface area (Å²) in [5.74, 6) is 1.34. The molecule has 0 aliphatic rings. The highest BCUT2D eigenvalue weighted by atomic mass is 15.4. The monoisotopic (exact) mass is 332 g/mol. The lowest BCUT2D eigenvalue weighted by atomic mass is 10.2. The Morgan fingerprint density at radius 1 is 0.960 bits per heavy atom. The Hall–Kier alpha value is -3.15. The maximum absolute atomic E-state index is 4.74. The zero-order chi connectivity index (χ0) is 17.6. The van der Waals surface area contributed by atoms with Gasteiger partial charge in [-0.25, -0.2) is 4.68 Å². The van der Waals surface area contributed by atoms with E-state index in [4.69, 9.17) is 9.97 Å². The molecule has 4 aromatic rings. The number of aryl methyl sites for hydroxylation is 4. The van der Waals surface area contributed by atoms with E-state index < -0.39 is 0 Å². The number of anilines is 2. The van der Waals surface area contributed by atoms with Crippen LogP contribution in [0, 0.1) is 20.8 Å². The molecule has 25 heavy (non-hydrogen) atoms. The molecule has 6 heteroatoms. The smallest absolute Gasteiger partial charge is 0.254 e. The average molecular weight is 332 g/mol. The number of hydrogen-bond acceptors (Lipinski definition) is 4. The lowest BCUT2D eigenvalue weighted by Crippen LogP contribution is -2.08. The standard InChI is InChI=1S/C19H20N6/c1-12-5-7-15(8-6-12)20-17-16-9-10-24(4)18(16)22-19(21-17)25-14(3)11-13(2)23-25/h5-11H,1-4H3,(H,20,21,22). The first-order valence-corrected chi connectivity index (χ1v) is 8.21. The van der Waals surface area contributed by atoms with Gasteiger partial charge in [-0.15, -0.1) is 0 Å². The maximum Gasteiger partial charge on any atom is 0.254 e. The summed E-state index contributed by atoms with van der Waals surface area (Å²) < 4.78 is 3.77. The molecule has 0 aliphatic heterocycles. The fourth-order valence-corrected chi connectivity index (χ4v) is 2.92. The number of nitrogens with zero attached hydrogens (tertiary/aromatic N) is 5. The van der Waals surface area contributed by atoms with Crippen LogP contribution in [-0.2, 0) is 7.05 Å². The highest BCUT2D eigenvalue weighted by molar-refractivity contribution is 5.90. The predicted octanol–water partition coefficient (Wildman–Crippen LogP) is 3.82. The van der Waals surface area contributed by atoms with Crippen LogP contribution in [0.25, 0.3) is 17.0 Å². The number of nitrogens with one attached hydrogen (secondary N) is 1. The number of rotatable bonds is 3. The van der Waals surface area contributed by atoms with Gasteiger partial charge in [-0.2, -0.15) is 15.1 Å². The fourth-order valence-electron chi connectivity index (χ4n) is 2.92. The molecule has 0 spiro atoms. The van der Waals surface area contributed by atoms with Crippen LogP contribution >= 0.6 is 0 Å². The largest absolute Gasteiger partial charge is 0.339 e. The second-order valence-corrected chi connectivity index (χ2v) is 6.37. The minimum atomic E-state index is 0.564. The molecular formula is C19H20N6. The quantitative estimate of drug-likeness (QED) is 0.619. The molecule has 0 fully saturated rings. The van der Waals surface area contributed by atoms with Gasteiger partial charge in [0.1, 0.15) is 11.5 Å². The van der Waals surface area contributed by atoms with Crippen molar-refractivity contribution in [1.29, 1.82) is 0 Å². The Morgan fingerprint density at radius 3 is 2.40 bits per heavy atom. The molecule has 3 heterocycles. The number of fused-ring (bicyclic) bond motifs is 1. The van der Waals surface area contributed by atoms with Crippen LogP contribution in [0.1, 0.15) is 17.0 Å². The van der Waals surface area contributed by atoms with Gasteiger partial charge in [0.25, 0.3) is 5.95 Å². The van der Waals surface area contributed by atoms with E-state index in [0.717, 1.165) is 33.9 Å². The van der Waals surface area contributed by atoms with Gasteiger partial charge in [0, 0.05) is 24.6 Å². The van der Waals surface area contributed by atoms with Gasteiger partial charge in [-0.1, -0.05) is 17.7 Å². The summed E-state index contributed by atoms with van der Waals surface area (Å²) >= 11 is 0. The van der Waals surface area contributed by atoms with E-state index in [0.29, 0.717) is 5.95 Å². The van der Waals surface area contributed by atoms with Crippen LogP contribution in [0.3, 0.4) is 0 Å². The minimum absolute atomic E-state index is 0.564. The van der Waals surface area contributed by atoms with E-state index in [2.05, 4.69) is 41.6 Å². The highest BCUT2D eigenvalue weighted by Gasteiger charge is 2.14. The van der Waals surface area contributed by atoms with E-state index in [-0.39, 0.29) is 0 Å². The number of benzene rings is 1. The number of hydrogen-bond donors (Lipinski definition) is 1. The first-order valence-electron chi connectivity index (χ1n) is 8.21. The predicted molar refractivity (Wildman–Crippen MR) is 99.6 cm³/mol. The fraction of sp³-hybridized carbons (Fsp3) is 0.211. The molecule has 0 aliphatic carbocycles. The van der Waals surface area contributed by atoms with Crippen LogP contribution < -0.4 is 5.32 Å². The third-order valence-electron chi connectivity index (χ3n) is 4.23. The van der Waals surface area contributed by atoms with Crippen LogP contribution in [-0.4, -0.2) is 24.3 Å². The Morgan fingerprint density at radius 2 is 1.72 bits per heavy atom. The minimum Gasteiger partial charge on any atom is -0.339 e. The van der Waals surface area contributed by atoms with E-state index in [9.17, 15) is 0 Å². The van der Waals surface area contributed by atoms with Crippen molar-refractivity contribution in [3.63, 3.8) is 0 Å². The molecule has 0 amide bonds. The second-order valence-electron chi connectivity index (χ2n) is 6.37. The van der Waals surface area contributed by atoms with Crippen LogP contribution in [0.2, 0.25) is 0 Å². The number of aromatic nitrogens is 5. The Labute approximate surface area is 146 Å². The summed E-state index contributed by atoms with van der Waals surface area (Å²) in [4.78, 5) is 9.45. The van der Waals surface area contributed by atoms with Crippen molar-refractivity contribution in [1.82, 2.24) is 24.3 Å². The van der Waals surface area contributed by atoms with Gasteiger partial charge in [-0.05, 0) is 45.0 Å². The molecule has 0 bridgehead atoms. The van der Waals surface area contributed by atoms with E-state index in [1.54, 1.807) is 4.68 Å². The Bertz CT molecular complexity index is 1060. The van der Waals surface area contributed by atoms with Gasteiger partial charge in [0.15, 0.2) is 0 Å². The lowest BCUT2D eigenvalue weighted by Gasteiger charge is -2.10. The summed E-state index contributed by atoms with van der Waals surface area (Å²) in [6, 6.07) is 12.3. The molecule has 0 atom stereocenters. The first-order chi connectivity index (χ1) is 12.0. The third-order valence-corrected chi connectivity index (χ3v) is 4.23. The van der Waals surface area contributed by atoms with Crippen molar-refractivity contribution in [2.24, 2.45) is 7.05 Å². The summed E-state index contributed by atoms with van der Waals surface area (Å²) in [5.41, 5.74) is 5.04. The van der Waals surface area contributed by atoms with Crippen molar-refractivity contribution in [3.8, 4) is 5.95 Å². The van der Waals surface area contributed by atoms with Crippen molar-refractivity contribution in [3.05, 3.63) is 59.5 Å². The Kier molecular flexibility index (Phi) is 3.53.